The molecule has 1 aromatic heterocycles. The first-order valence-electron chi connectivity index (χ1n) is 7.80. The Morgan fingerprint density at radius 2 is 1.84 bits per heavy atom. The predicted molar refractivity (Wildman–Crippen MR) is 79.6 cm³/mol. The largest absolute Gasteiger partial charge is 0.328 e. The second kappa shape index (κ2) is 3.86. The summed E-state index contributed by atoms with van der Waals surface area (Å²) < 4.78 is 2.59. The van der Waals surface area contributed by atoms with Crippen LogP contribution in [0.3, 0.4) is 0 Å². The Labute approximate surface area is 117 Å². The van der Waals surface area contributed by atoms with Gasteiger partial charge in [0.15, 0.2) is 0 Å². The van der Waals surface area contributed by atoms with Crippen LogP contribution in [0.15, 0.2) is 0 Å². The molecule has 2 aliphatic rings. The van der Waals surface area contributed by atoms with Gasteiger partial charge in [0.1, 0.15) is 5.82 Å². The number of hydrogen-bond acceptors (Lipinski definition) is 1. The highest BCUT2D eigenvalue weighted by molar-refractivity contribution is 5.31. The van der Waals surface area contributed by atoms with E-state index in [-0.39, 0.29) is 5.41 Å². The van der Waals surface area contributed by atoms with E-state index >= 15 is 0 Å². The van der Waals surface area contributed by atoms with Gasteiger partial charge in [-0.2, -0.15) is 0 Å². The maximum Gasteiger partial charge on any atom is 0.109 e. The van der Waals surface area contributed by atoms with Crippen LogP contribution in [0.4, 0.5) is 0 Å². The van der Waals surface area contributed by atoms with Crippen LogP contribution in [0.1, 0.15) is 77.6 Å². The zero-order chi connectivity index (χ0) is 14.0. The minimum atomic E-state index is 0.261. The monoisotopic (exact) mass is 260 g/mol. The van der Waals surface area contributed by atoms with Gasteiger partial charge in [0.25, 0.3) is 0 Å². The normalized spacial score (nSPS) is 31.7. The Balaban J connectivity index is 2.16. The minimum absolute atomic E-state index is 0.261. The van der Waals surface area contributed by atoms with Crippen molar-refractivity contribution in [1.29, 1.82) is 0 Å². The molecule has 1 aliphatic carbocycles. The van der Waals surface area contributed by atoms with E-state index in [9.17, 15) is 0 Å². The van der Waals surface area contributed by atoms with Crippen molar-refractivity contribution in [2.45, 2.75) is 78.7 Å². The summed E-state index contributed by atoms with van der Waals surface area (Å²) in [6.07, 6.45) is 4.87. The van der Waals surface area contributed by atoms with Gasteiger partial charge in [0.05, 0.1) is 5.69 Å². The first kappa shape index (κ1) is 13.2. The van der Waals surface area contributed by atoms with Crippen molar-refractivity contribution in [3.63, 3.8) is 0 Å². The van der Waals surface area contributed by atoms with Gasteiger partial charge in [-0.1, -0.05) is 34.6 Å². The third-order valence-corrected chi connectivity index (χ3v) is 4.98. The van der Waals surface area contributed by atoms with Crippen LogP contribution in [-0.4, -0.2) is 9.55 Å². The molecule has 0 aromatic carbocycles. The van der Waals surface area contributed by atoms with Crippen LogP contribution in [0.25, 0.3) is 0 Å². The van der Waals surface area contributed by atoms with Crippen LogP contribution in [0, 0.1) is 11.3 Å². The number of aromatic nitrogens is 2. The maximum absolute atomic E-state index is 5.05. The lowest BCUT2D eigenvalue weighted by atomic mass is 9.66. The van der Waals surface area contributed by atoms with Gasteiger partial charge in [-0.25, -0.2) is 4.98 Å². The van der Waals surface area contributed by atoms with E-state index in [1.165, 1.54) is 24.4 Å². The summed E-state index contributed by atoms with van der Waals surface area (Å²) in [6, 6.07) is 0.621. The van der Waals surface area contributed by atoms with Crippen molar-refractivity contribution in [1.82, 2.24) is 9.55 Å². The SMILES string of the molecule is CC1Cc2nc3c(n2C(C)C1)C(C)(C)CC(C)(C)C3. The van der Waals surface area contributed by atoms with Crippen molar-refractivity contribution in [2.75, 3.05) is 0 Å². The highest BCUT2D eigenvalue weighted by atomic mass is 15.1. The number of imidazole rings is 1. The van der Waals surface area contributed by atoms with E-state index in [0.29, 0.717) is 11.5 Å². The molecule has 1 aliphatic heterocycles. The lowest BCUT2D eigenvalue weighted by Crippen LogP contribution is -2.37. The first-order chi connectivity index (χ1) is 8.70. The Morgan fingerprint density at radius 3 is 2.53 bits per heavy atom. The molecular formula is C17H28N2. The molecule has 2 nitrogen and oxygen atoms in total. The van der Waals surface area contributed by atoms with Crippen molar-refractivity contribution >= 4 is 0 Å². The molecule has 0 spiro atoms. The van der Waals surface area contributed by atoms with E-state index < -0.39 is 0 Å². The fraction of sp³-hybridized carbons (Fsp3) is 0.824. The van der Waals surface area contributed by atoms with Gasteiger partial charge in [0.2, 0.25) is 0 Å². The summed E-state index contributed by atoms with van der Waals surface area (Å²) in [7, 11) is 0. The molecule has 0 fully saturated rings. The molecule has 2 atom stereocenters. The van der Waals surface area contributed by atoms with Crippen LogP contribution in [0.5, 0.6) is 0 Å². The quantitative estimate of drug-likeness (QED) is 0.681. The molecule has 0 saturated carbocycles. The molecule has 2 heterocycles. The predicted octanol–water partition coefficient (Wildman–Crippen LogP) is 4.28. The topological polar surface area (TPSA) is 17.8 Å². The van der Waals surface area contributed by atoms with Crippen LogP contribution < -0.4 is 0 Å². The average molecular weight is 260 g/mol. The van der Waals surface area contributed by atoms with E-state index in [1.54, 1.807) is 5.69 Å². The molecule has 0 amide bonds. The minimum Gasteiger partial charge on any atom is -0.328 e. The summed E-state index contributed by atoms with van der Waals surface area (Å²) in [5.41, 5.74) is 3.57. The van der Waals surface area contributed by atoms with Crippen LogP contribution in [-0.2, 0) is 18.3 Å². The molecule has 0 saturated heterocycles. The van der Waals surface area contributed by atoms with Crippen LogP contribution >= 0.6 is 0 Å². The molecule has 0 N–H and O–H groups in total. The zero-order valence-electron chi connectivity index (χ0n) is 13.4. The summed E-state index contributed by atoms with van der Waals surface area (Å²) in [6.45, 7) is 14.3. The fourth-order valence-electron chi connectivity index (χ4n) is 4.87. The molecule has 2 unspecified atom stereocenters. The van der Waals surface area contributed by atoms with Gasteiger partial charge in [-0.3, -0.25) is 0 Å². The highest BCUT2D eigenvalue weighted by Crippen LogP contribution is 2.47. The number of hydrogen-bond donors (Lipinski definition) is 0. The number of rotatable bonds is 0. The smallest absolute Gasteiger partial charge is 0.109 e. The van der Waals surface area contributed by atoms with Gasteiger partial charge >= 0.3 is 0 Å². The van der Waals surface area contributed by atoms with Gasteiger partial charge in [-0.15, -0.1) is 0 Å². The Bertz CT molecular complexity index is 508. The Morgan fingerprint density at radius 1 is 1.16 bits per heavy atom. The third kappa shape index (κ3) is 2.04. The van der Waals surface area contributed by atoms with Crippen LogP contribution in [0.2, 0.25) is 0 Å². The van der Waals surface area contributed by atoms with Gasteiger partial charge in [-0.05, 0) is 37.5 Å². The fourth-order valence-corrected chi connectivity index (χ4v) is 4.87. The van der Waals surface area contributed by atoms with E-state index in [4.69, 9.17) is 4.98 Å². The summed E-state index contributed by atoms with van der Waals surface area (Å²) >= 11 is 0. The lowest BCUT2D eigenvalue weighted by molar-refractivity contribution is 0.213. The molecule has 0 bridgehead atoms. The molecule has 1 aromatic rings. The Hall–Kier alpha value is -0.790. The van der Waals surface area contributed by atoms with Crippen molar-refractivity contribution in [3.05, 3.63) is 17.2 Å². The highest BCUT2D eigenvalue weighted by Gasteiger charge is 2.43. The van der Waals surface area contributed by atoms with E-state index in [0.717, 1.165) is 18.8 Å². The van der Waals surface area contributed by atoms with Crippen molar-refractivity contribution in [3.8, 4) is 0 Å². The Kier molecular flexibility index (Phi) is 2.69. The van der Waals surface area contributed by atoms with Gasteiger partial charge < -0.3 is 4.57 Å². The molecule has 3 rings (SSSR count). The second-order valence-corrected chi connectivity index (χ2v) is 8.49. The number of fused-ring (bicyclic) bond motifs is 3. The van der Waals surface area contributed by atoms with Gasteiger partial charge in [0, 0.05) is 23.6 Å². The number of nitrogens with zero attached hydrogens (tertiary/aromatic N) is 2. The maximum atomic E-state index is 5.05. The summed E-state index contributed by atoms with van der Waals surface area (Å²) in [5, 5.41) is 0. The third-order valence-electron chi connectivity index (χ3n) is 4.98. The second-order valence-electron chi connectivity index (χ2n) is 8.49. The zero-order valence-corrected chi connectivity index (χ0v) is 13.4. The molecular weight excluding hydrogens is 232 g/mol. The summed E-state index contributed by atoms with van der Waals surface area (Å²) in [5.74, 6) is 2.13. The van der Waals surface area contributed by atoms with E-state index in [2.05, 4.69) is 46.1 Å². The first-order valence-corrected chi connectivity index (χ1v) is 7.80. The molecule has 106 valence electrons. The van der Waals surface area contributed by atoms with E-state index in [1.807, 2.05) is 0 Å². The standard InChI is InChI=1S/C17H28N2/c1-11-7-12(2)19-14(8-11)18-13-9-16(3,4)10-17(5,6)15(13)19/h11-12H,7-10H2,1-6H3. The summed E-state index contributed by atoms with van der Waals surface area (Å²) in [4.78, 5) is 5.05. The van der Waals surface area contributed by atoms with Crippen molar-refractivity contribution < 1.29 is 0 Å². The lowest BCUT2D eigenvalue weighted by Gasteiger charge is -2.42. The average Bonchev–Trinajstić information content (AvgIpc) is 2.52. The van der Waals surface area contributed by atoms with Crippen molar-refractivity contribution in [2.24, 2.45) is 11.3 Å². The molecule has 2 heteroatoms. The molecule has 19 heavy (non-hydrogen) atoms. The molecule has 0 radical (unpaired) electrons.